The van der Waals surface area contributed by atoms with Crippen molar-refractivity contribution < 1.29 is 9.47 Å². The Kier molecular flexibility index (Phi) is 7.01. The number of rotatable bonds is 9. The molecule has 0 unspecified atom stereocenters. The third kappa shape index (κ3) is 4.44. The van der Waals surface area contributed by atoms with Crippen molar-refractivity contribution in [1.29, 1.82) is 0 Å². The summed E-state index contributed by atoms with van der Waals surface area (Å²) >= 11 is 0. The Bertz CT molecular complexity index is 348. The zero-order valence-corrected chi connectivity index (χ0v) is 12.1. The molecule has 0 spiro atoms. The van der Waals surface area contributed by atoms with E-state index in [9.17, 15) is 0 Å². The Morgan fingerprint density at radius 2 is 1.89 bits per heavy atom. The maximum absolute atomic E-state index is 5.10. The van der Waals surface area contributed by atoms with E-state index in [2.05, 4.69) is 29.8 Å². The fourth-order valence-corrected chi connectivity index (χ4v) is 2.16. The third-order valence-corrected chi connectivity index (χ3v) is 3.21. The molecule has 1 N–H and O–H groups in total. The van der Waals surface area contributed by atoms with Crippen molar-refractivity contribution in [2.45, 2.75) is 33.4 Å². The van der Waals surface area contributed by atoms with Gasteiger partial charge >= 0.3 is 0 Å². The predicted octanol–water partition coefficient (Wildman–Crippen LogP) is 1.88. The Hall–Kier alpha value is -0.840. The van der Waals surface area contributed by atoms with Crippen LogP contribution in [-0.4, -0.2) is 38.5 Å². The van der Waals surface area contributed by atoms with Gasteiger partial charge in [0, 0.05) is 51.8 Å². The lowest BCUT2D eigenvalue weighted by Crippen LogP contribution is -2.18. The zero-order valence-electron chi connectivity index (χ0n) is 12.1. The molecule has 0 aromatic carbocycles. The molecule has 1 aromatic rings. The largest absolute Gasteiger partial charge is 0.385 e. The Morgan fingerprint density at radius 1 is 1.17 bits per heavy atom. The standard InChI is InChI=1S/C14H26N2O2/c1-12-10-14(11-15-6-9-18-4)13(2)16(12)7-5-8-17-3/h10,15H,5-9,11H2,1-4H3. The molecule has 4 nitrogen and oxygen atoms in total. The molecule has 1 rings (SSSR count). The van der Waals surface area contributed by atoms with Gasteiger partial charge in [-0.25, -0.2) is 0 Å². The van der Waals surface area contributed by atoms with Crippen molar-refractivity contribution in [3.05, 3.63) is 23.0 Å². The molecular weight excluding hydrogens is 228 g/mol. The Labute approximate surface area is 110 Å². The molecule has 1 heterocycles. The highest BCUT2D eigenvalue weighted by atomic mass is 16.5. The Balaban J connectivity index is 2.51. The second-order valence-corrected chi connectivity index (χ2v) is 4.56. The van der Waals surface area contributed by atoms with Gasteiger partial charge in [-0.15, -0.1) is 0 Å². The second kappa shape index (κ2) is 8.29. The molecule has 104 valence electrons. The van der Waals surface area contributed by atoms with Crippen molar-refractivity contribution in [3.63, 3.8) is 0 Å². The van der Waals surface area contributed by atoms with E-state index in [1.165, 1.54) is 17.0 Å². The smallest absolute Gasteiger partial charge is 0.0587 e. The second-order valence-electron chi connectivity index (χ2n) is 4.56. The van der Waals surface area contributed by atoms with Gasteiger partial charge < -0.3 is 19.4 Å². The first kappa shape index (κ1) is 15.2. The van der Waals surface area contributed by atoms with Gasteiger partial charge in [0.25, 0.3) is 0 Å². The highest BCUT2D eigenvalue weighted by Gasteiger charge is 2.08. The summed E-state index contributed by atoms with van der Waals surface area (Å²) in [6, 6.07) is 2.27. The average molecular weight is 254 g/mol. The number of hydrogen-bond acceptors (Lipinski definition) is 3. The first-order valence-electron chi connectivity index (χ1n) is 6.55. The quantitative estimate of drug-likeness (QED) is 0.683. The minimum absolute atomic E-state index is 0.757. The number of aromatic nitrogens is 1. The van der Waals surface area contributed by atoms with Crippen LogP contribution in [0, 0.1) is 13.8 Å². The highest BCUT2D eigenvalue weighted by molar-refractivity contribution is 5.26. The van der Waals surface area contributed by atoms with E-state index < -0.39 is 0 Å². The molecule has 4 heteroatoms. The first-order valence-corrected chi connectivity index (χ1v) is 6.55. The zero-order chi connectivity index (χ0) is 13.4. The van der Waals surface area contributed by atoms with Gasteiger partial charge in [0.05, 0.1) is 6.61 Å². The van der Waals surface area contributed by atoms with Crippen LogP contribution in [0.25, 0.3) is 0 Å². The molecule has 0 saturated heterocycles. The summed E-state index contributed by atoms with van der Waals surface area (Å²) < 4.78 is 12.5. The molecule has 0 atom stereocenters. The van der Waals surface area contributed by atoms with Crippen molar-refractivity contribution in [3.8, 4) is 0 Å². The summed E-state index contributed by atoms with van der Waals surface area (Å²) in [6.45, 7) is 8.76. The first-order chi connectivity index (χ1) is 8.70. The number of nitrogens with zero attached hydrogens (tertiary/aromatic N) is 1. The van der Waals surface area contributed by atoms with Crippen LogP contribution in [0.1, 0.15) is 23.4 Å². The third-order valence-electron chi connectivity index (χ3n) is 3.21. The monoisotopic (exact) mass is 254 g/mol. The van der Waals surface area contributed by atoms with E-state index >= 15 is 0 Å². The number of nitrogens with one attached hydrogen (secondary N) is 1. The van der Waals surface area contributed by atoms with E-state index in [4.69, 9.17) is 9.47 Å². The van der Waals surface area contributed by atoms with Crippen LogP contribution in [0.3, 0.4) is 0 Å². The van der Waals surface area contributed by atoms with Crippen molar-refractivity contribution in [2.75, 3.05) is 34.0 Å². The fourth-order valence-electron chi connectivity index (χ4n) is 2.16. The Morgan fingerprint density at radius 3 is 2.56 bits per heavy atom. The molecule has 1 aromatic heterocycles. The molecular formula is C14H26N2O2. The van der Waals surface area contributed by atoms with Crippen LogP contribution < -0.4 is 5.32 Å². The van der Waals surface area contributed by atoms with Gasteiger partial charge in [0.1, 0.15) is 0 Å². The highest BCUT2D eigenvalue weighted by Crippen LogP contribution is 2.15. The normalized spacial score (nSPS) is 11.1. The molecule has 0 aliphatic heterocycles. The number of methoxy groups -OCH3 is 2. The summed E-state index contributed by atoms with van der Waals surface area (Å²) in [7, 11) is 3.48. The number of aryl methyl sites for hydroxylation is 1. The van der Waals surface area contributed by atoms with Crippen LogP contribution in [0.2, 0.25) is 0 Å². The van der Waals surface area contributed by atoms with Crippen molar-refractivity contribution in [2.24, 2.45) is 0 Å². The lowest BCUT2D eigenvalue weighted by atomic mass is 10.2. The SMILES string of the molecule is COCCCn1c(C)cc(CNCCOC)c1C. The predicted molar refractivity (Wildman–Crippen MR) is 74.0 cm³/mol. The molecule has 0 fully saturated rings. The van der Waals surface area contributed by atoms with Crippen LogP contribution in [-0.2, 0) is 22.6 Å². The number of ether oxygens (including phenoxy) is 2. The van der Waals surface area contributed by atoms with Gasteiger partial charge in [-0.1, -0.05) is 0 Å². The van der Waals surface area contributed by atoms with Gasteiger partial charge in [-0.2, -0.15) is 0 Å². The summed E-state index contributed by atoms with van der Waals surface area (Å²) in [4.78, 5) is 0. The average Bonchev–Trinajstić information content (AvgIpc) is 2.62. The van der Waals surface area contributed by atoms with Crippen molar-refractivity contribution in [1.82, 2.24) is 9.88 Å². The van der Waals surface area contributed by atoms with Crippen LogP contribution in [0.5, 0.6) is 0 Å². The molecule has 0 saturated carbocycles. The van der Waals surface area contributed by atoms with Crippen LogP contribution in [0.15, 0.2) is 6.07 Å². The maximum atomic E-state index is 5.10. The van der Waals surface area contributed by atoms with E-state index in [0.717, 1.165) is 39.3 Å². The summed E-state index contributed by atoms with van der Waals surface area (Å²) in [6.07, 6.45) is 1.06. The lowest BCUT2D eigenvalue weighted by molar-refractivity contribution is 0.190. The minimum atomic E-state index is 0.757. The van der Waals surface area contributed by atoms with Crippen LogP contribution >= 0.6 is 0 Å². The van der Waals surface area contributed by atoms with E-state index in [1.54, 1.807) is 14.2 Å². The lowest BCUT2D eigenvalue weighted by Gasteiger charge is -2.10. The molecule has 0 radical (unpaired) electrons. The number of hydrogen-bond donors (Lipinski definition) is 1. The van der Waals surface area contributed by atoms with Gasteiger partial charge in [-0.3, -0.25) is 0 Å². The van der Waals surface area contributed by atoms with Gasteiger partial charge in [0.2, 0.25) is 0 Å². The van der Waals surface area contributed by atoms with E-state index in [0.29, 0.717) is 0 Å². The van der Waals surface area contributed by atoms with Crippen LogP contribution in [0.4, 0.5) is 0 Å². The molecule has 0 bridgehead atoms. The minimum Gasteiger partial charge on any atom is -0.385 e. The van der Waals surface area contributed by atoms with Gasteiger partial charge in [-0.05, 0) is 31.9 Å². The van der Waals surface area contributed by atoms with E-state index in [-0.39, 0.29) is 0 Å². The fraction of sp³-hybridized carbons (Fsp3) is 0.714. The molecule has 0 aliphatic carbocycles. The summed E-state index contributed by atoms with van der Waals surface area (Å²) in [5.41, 5.74) is 4.06. The molecule has 0 aliphatic rings. The maximum Gasteiger partial charge on any atom is 0.0587 e. The summed E-state index contributed by atoms with van der Waals surface area (Å²) in [5.74, 6) is 0. The van der Waals surface area contributed by atoms with E-state index in [1.807, 2.05) is 0 Å². The topological polar surface area (TPSA) is 35.4 Å². The summed E-state index contributed by atoms with van der Waals surface area (Å²) in [5, 5.41) is 3.39. The van der Waals surface area contributed by atoms with Gasteiger partial charge in [0.15, 0.2) is 0 Å². The molecule has 18 heavy (non-hydrogen) atoms. The molecule has 0 amide bonds. The van der Waals surface area contributed by atoms with Crippen molar-refractivity contribution >= 4 is 0 Å².